The molecule has 0 aliphatic carbocycles. The van der Waals surface area contributed by atoms with Crippen molar-refractivity contribution in [1.29, 1.82) is 5.26 Å². The maximum atomic E-state index is 11.8. The maximum Gasteiger partial charge on any atom is 0.241 e. The summed E-state index contributed by atoms with van der Waals surface area (Å²) >= 11 is 4.96. The van der Waals surface area contributed by atoms with Crippen molar-refractivity contribution in [2.45, 2.75) is 12.5 Å². The highest BCUT2D eigenvalue weighted by atomic mass is 79.9. The number of carbonyl (C=O) groups is 1. The fraction of sp³-hybridized carbons (Fsp3) is 0.333. The summed E-state index contributed by atoms with van der Waals surface area (Å²) in [6.07, 6.45) is 2.61. The van der Waals surface area contributed by atoms with Crippen LogP contribution in [0.5, 0.6) is 0 Å². The summed E-state index contributed by atoms with van der Waals surface area (Å²) in [7, 11) is 0. The molecule has 0 aromatic heterocycles. The molecule has 0 heterocycles. The van der Waals surface area contributed by atoms with Crippen molar-refractivity contribution in [3.8, 4) is 6.07 Å². The van der Waals surface area contributed by atoms with E-state index >= 15 is 0 Å². The average Bonchev–Trinajstić information content (AvgIpc) is 2.38. The van der Waals surface area contributed by atoms with Gasteiger partial charge < -0.3 is 11.1 Å². The van der Waals surface area contributed by atoms with Crippen molar-refractivity contribution in [3.63, 3.8) is 0 Å². The number of carbonyl (C=O) groups excluding carboxylic acids is 1. The highest BCUT2D eigenvalue weighted by Crippen LogP contribution is 2.23. The van der Waals surface area contributed by atoms with Gasteiger partial charge in [0.05, 0.1) is 23.4 Å². The quantitative estimate of drug-likeness (QED) is 0.869. The number of thioether (sulfide) groups is 1. The molecule has 0 aliphatic rings. The largest absolute Gasteiger partial charge is 0.324 e. The molecule has 4 nitrogen and oxygen atoms in total. The van der Waals surface area contributed by atoms with Crippen molar-refractivity contribution in [3.05, 3.63) is 28.2 Å². The average molecular weight is 328 g/mol. The lowest BCUT2D eigenvalue weighted by atomic mass is 10.2. The molecule has 0 spiro atoms. The van der Waals surface area contributed by atoms with Gasteiger partial charge >= 0.3 is 0 Å². The molecule has 0 saturated heterocycles. The molecular weight excluding hydrogens is 314 g/mol. The van der Waals surface area contributed by atoms with E-state index in [0.29, 0.717) is 22.1 Å². The van der Waals surface area contributed by atoms with Crippen LogP contribution in [0, 0.1) is 11.3 Å². The van der Waals surface area contributed by atoms with Gasteiger partial charge in [-0.05, 0) is 52.6 Å². The van der Waals surface area contributed by atoms with E-state index in [4.69, 9.17) is 11.0 Å². The number of amides is 1. The number of anilines is 1. The van der Waals surface area contributed by atoms with E-state index < -0.39 is 6.04 Å². The predicted octanol–water partition coefficient (Wildman–Crippen LogP) is 2.34. The third-order valence-corrected chi connectivity index (χ3v) is 3.63. The summed E-state index contributed by atoms with van der Waals surface area (Å²) in [4.78, 5) is 11.8. The number of nitrogens with zero attached hydrogens (tertiary/aromatic N) is 1. The Balaban J connectivity index is 2.67. The summed E-state index contributed by atoms with van der Waals surface area (Å²) in [6, 6.07) is 6.50. The van der Waals surface area contributed by atoms with Crippen LogP contribution in [0.1, 0.15) is 12.0 Å². The van der Waals surface area contributed by atoms with Crippen molar-refractivity contribution < 1.29 is 4.79 Å². The van der Waals surface area contributed by atoms with Gasteiger partial charge in [-0.25, -0.2) is 0 Å². The Labute approximate surface area is 119 Å². The SMILES string of the molecule is CSCC[C@H](N)C(=O)Nc1ccc(C#N)cc1Br. The first-order valence-electron chi connectivity index (χ1n) is 5.33. The minimum absolute atomic E-state index is 0.213. The van der Waals surface area contributed by atoms with Crippen LogP contribution in [0.25, 0.3) is 0 Å². The zero-order chi connectivity index (χ0) is 13.5. The van der Waals surface area contributed by atoms with Crippen LogP contribution in [-0.2, 0) is 4.79 Å². The fourth-order valence-corrected chi connectivity index (χ4v) is 2.25. The third-order valence-electron chi connectivity index (χ3n) is 2.33. The monoisotopic (exact) mass is 327 g/mol. The van der Waals surface area contributed by atoms with Crippen LogP contribution in [0.3, 0.4) is 0 Å². The van der Waals surface area contributed by atoms with Crippen molar-refractivity contribution in [2.75, 3.05) is 17.3 Å². The number of hydrogen-bond donors (Lipinski definition) is 2. The molecule has 0 saturated carbocycles. The Bertz CT molecular complexity index is 473. The van der Waals surface area contributed by atoms with Gasteiger partial charge in [-0.15, -0.1) is 0 Å². The molecule has 0 radical (unpaired) electrons. The van der Waals surface area contributed by atoms with Crippen LogP contribution < -0.4 is 11.1 Å². The Morgan fingerprint density at radius 1 is 1.67 bits per heavy atom. The standard InChI is InChI=1S/C12H14BrN3OS/c1-18-5-4-10(15)12(17)16-11-3-2-8(7-14)6-9(11)13/h2-3,6,10H,4-5,15H2,1H3,(H,16,17)/t10-/m0/s1. The number of nitrogens with one attached hydrogen (secondary N) is 1. The van der Waals surface area contributed by atoms with Gasteiger partial charge in [0.15, 0.2) is 0 Å². The molecule has 0 fully saturated rings. The Hall–Kier alpha value is -1.03. The molecule has 3 N–H and O–H groups in total. The zero-order valence-electron chi connectivity index (χ0n) is 9.94. The van der Waals surface area contributed by atoms with E-state index in [0.717, 1.165) is 5.75 Å². The highest BCUT2D eigenvalue weighted by molar-refractivity contribution is 9.10. The van der Waals surface area contributed by atoms with Crippen LogP contribution in [0.4, 0.5) is 5.69 Å². The number of nitrogens with two attached hydrogens (primary N) is 1. The Morgan fingerprint density at radius 3 is 2.94 bits per heavy atom. The van der Waals surface area contributed by atoms with E-state index in [-0.39, 0.29) is 5.91 Å². The van der Waals surface area contributed by atoms with E-state index in [9.17, 15) is 4.79 Å². The van der Waals surface area contributed by atoms with Gasteiger partial charge in [0.1, 0.15) is 0 Å². The molecule has 0 bridgehead atoms. The van der Waals surface area contributed by atoms with Crippen LogP contribution in [-0.4, -0.2) is 24.0 Å². The molecule has 1 aromatic carbocycles. The fourth-order valence-electron chi connectivity index (χ4n) is 1.29. The van der Waals surface area contributed by atoms with E-state index in [1.807, 2.05) is 12.3 Å². The van der Waals surface area contributed by atoms with Gasteiger partial charge in [-0.1, -0.05) is 0 Å². The van der Waals surface area contributed by atoms with Crippen molar-refractivity contribution >= 4 is 39.3 Å². The number of nitriles is 1. The van der Waals surface area contributed by atoms with E-state index in [1.165, 1.54) is 0 Å². The number of rotatable bonds is 5. The molecule has 96 valence electrons. The normalized spacial score (nSPS) is 11.7. The number of halogens is 1. The summed E-state index contributed by atoms with van der Waals surface area (Å²) < 4.78 is 0.673. The van der Waals surface area contributed by atoms with Gasteiger partial charge in [0.2, 0.25) is 5.91 Å². The van der Waals surface area contributed by atoms with E-state index in [2.05, 4.69) is 21.2 Å². The van der Waals surface area contributed by atoms with Gasteiger partial charge in [-0.3, -0.25) is 4.79 Å². The first-order chi connectivity index (χ1) is 8.58. The van der Waals surface area contributed by atoms with Gasteiger partial charge in [0, 0.05) is 4.47 Å². The minimum atomic E-state index is -0.514. The van der Waals surface area contributed by atoms with Gasteiger partial charge in [0.25, 0.3) is 0 Å². The Morgan fingerprint density at radius 2 is 2.39 bits per heavy atom. The summed E-state index contributed by atoms with van der Waals surface area (Å²) in [5.74, 6) is 0.637. The molecule has 6 heteroatoms. The minimum Gasteiger partial charge on any atom is -0.324 e. The predicted molar refractivity (Wildman–Crippen MR) is 78.5 cm³/mol. The van der Waals surface area contributed by atoms with E-state index in [1.54, 1.807) is 30.0 Å². The second kappa shape index (κ2) is 7.41. The second-order valence-corrected chi connectivity index (χ2v) is 5.52. The molecular formula is C12H14BrN3OS. The highest BCUT2D eigenvalue weighted by Gasteiger charge is 2.14. The van der Waals surface area contributed by atoms with Crippen LogP contribution in [0.15, 0.2) is 22.7 Å². The molecule has 1 atom stereocenters. The summed E-state index contributed by atoms with van der Waals surface area (Å²) in [6.45, 7) is 0. The van der Waals surface area contributed by atoms with Crippen molar-refractivity contribution in [2.24, 2.45) is 5.73 Å². The molecule has 1 rings (SSSR count). The number of hydrogen-bond acceptors (Lipinski definition) is 4. The lowest BCUT2D eigenvalue weighted by Crippen LogP contribution is -2.36. The summed E-state index contributed by atoms with van der Waals surface area (Å²) in [5.41, 5.74) is 6.92. The molecule has 1 aromatic rings. The number of benzene rings is 1. The molecule has 18 heavy (non-hydrogen) atoms. The third kappa shape index (κ3) is 4.33. The summed E-state index contributed by atoms with van der Waals surface area (Å²) in [5, 5.41) is 11.5. The molecule has 0 aliphatic heterocycles. The molecule has 0 unspecified atom stereocenters. The van der Waals surface area contributed by atoms with Crippen molar-refractivity contribution in [1.82, 2.24) is 0 Å². The molecule has 1 amide bonds. The van der Waals surface area contributed by atoms with Gasteiger partial charge in [-0.2, -0.15) is 17.0 Å². The van der Waals surface area contributed by atoms with Crippen LogP contribution in [0.2, 0.25) is 0 Å². The second-order valence-electron chi connectivity index (χ2n) is 3.68. The zero-order valence-corrected chi connectivity index (χ0v) is 12.3. The first-order valence-corrected chi connectivity index (χ1v) is 7.52. The lowest BCUT2D eigenvalue weighted by Gasteiger charge is -2.12. The van der Waals surface area contributed by atoms with Crippen LogP contribution >= 0.6 is 27.7 Å². The lowest BCUT2D eigenvalue weighted by molar-refractivity contribution is -0.117. The first kappa shape index (κ1) is 15.0. The Kier molecular flexibility index (Phi) is 6.19. The maximum absolute atomic E-state index is 11.8. The smallest absolute Gasteiger partial charge is 0.241 e. The topological polar surface area (TPSA) is 78.9 Å².